The van der Waals surface area contributed by atoms with Crippen LogP contribution in [0.5, 0.6) is 0 Å². The largest absolute Gasteiger partial charge is 0.373 e. The molecule has 1 aromatic rings. The van der Waals surface area contributed by atoms with Gasteiger partial charge in [-0.1, -0.05) is 30.3 Å². The second-order valence-corrected chi connectivity index (χ2v) is 4.43. The normalized spacial score (nSPS) is 17.8. The Labute approximate surface area is 103 Å². The van der Waals surface area contributed by atoms with E-state index in [1.165, 1.54) is 5.56 Å². The topological polar surface area (TPSA) is 36.3 Å². The molecule has 0 spiro atoms. The van der Waals surface area contributed by atoms with Crippen LogP contribution in [0.15, 0.2) is 30.3 Å². The molecule has 0 aliphatic carbocycles. The molecular weight excluding hydrogens is 212 g/mol. The van der Waals surface area contributed by atoms with Crippen LogP contribution in [-0.4, -0.2) is 30.6 Å². The average molecular weight is 230 g/mol. The molecule has 0 saturated carbocycles. The predicted octanol–water partition coefficient (Wildman–Crippen LogP) is 2.19. The third-order valence-corrected chi connectivity index (χ3v) is 3.16. The fraction of sp³-hybridized carbons (Fsp3) is 0.500. The molecule has 1 aromatic carbocycles. The molecule has 1 heterocycles. The number of hydrogen-bond donors (Lipinski definition) is 0. The number of likely N-dealkylation sites (tertiary alicyclic amines) is 1. The third-order valence-electron chi connectivity index (χ3n) is 3.16. The lowest BCUT2D eigenvalue weighted by Gasteiger charge is -2.30. The van der Waals surface area contributed by atoms with Crippen LogP contribution in [0.25, 0.3) is 0 Å². The van der Waals surface area contributed by atoms with E-state index < -0.39 is 0 Å². The fourth-order valence-electron chi connectivity index (χ4n) is 2.12. The molecule has 1 saturated heterocycles. The van der Waals surface area contributed by atoms with Crippen molar-refractivity contribution in [1.82, 2.24) is 4.90 Å². The average Bonchev–Trinajstić information content (AvgIpc) is 2.40. The smallest absolute Gasteiger partial charge is 0.0866 e. The van der Waals surface area contributed by atoms with Gasteiger partial charge in [0.05, 0.1) is 25.3 Å². The molecule has 0 aromatic heterocycles. The van der Waals surface area contributed by atoms with E-state index in [0.29, 0.717) is 19.3 Å². The summed E-state index contributed by atoms with van der Waals surface area (Å²) in [6.45, 7) is 3.20. The van der Waals surface area contributed by atoms with E-state index in [1.54, 1.807) is 0 Å². The molecule has 1 fully saturated rings. The number of nitrogens with zero attached hydrogens (tertiary/aromatic N) is 2. The van der Waals surface area contributed by atoms with Crippen molar-refractivity contribution in [2.75, 3.05) is 19.6 Å². The zero-order valence-electron chi connectivity index (χ0n) is 10.0. The van der Waals surface area contributed by atoms with Gasteiger partial charge in [-0.2, -0.15) is 5.26 Å². The Balaban J connectivity index is 1.70. The monoisotopic (exact) mass is 230 g/mol. The number of ether oxygens (including phenoxy) is 1. The summed E-state index contributed by atoms with van der Waals surface area (Å²) >= 11 is 0. The molecule has 0 unspecified atom stereocenters. The van der Waals surface area contributed by atoms with E-state index >= 15 is 0 Å². The summed E-state index contributed by atoms with van der Waals surface area (Å²) in [7, 11) is 0. The Morgan fingerprint density at radius 1 is 1.24 bits per heavy atom. The van der Waals surface area contributed by atoms with Gasteiger partial charge in [-0.15, -0.1) is 0 Å². The highest BCUT2D eigenvalue weighted by Gasteiger charge is 2.18. The molecule has 90 valence electrons. The van der Waals surface area contributed by atoms with Crippen LogP contribution in [0.1, 0.15) is 18.4 Å². The van der Waals surface area contributed by atoms with E-state index in [9.17, 15) is 0 Å². The van der Waals surface area contributed by atoms with Gasteiger partial charge in [0.25, 0.3) is 0 Å². The van der Waals surface area contributed by atoms with Crippen LogP contribution in [0, 0.1) is 11.3 Å². The molecule has 0 amide bonds. The van der Waals surface area contributed by atoms with Gasteiger partial charge in [0.15, 0.2) is 0 Å². The van der Waals surface area contributed by atoms with Crippen molar-refractivity contribution in [3.63, 3.8) is 0 Å². The summed E-state index contributed by atoms with van der Waals surface area (Å²) in [5, 5.41) is 8.61. The van der Waals surface area contributed by atoms with Crippen LogP contribution in [-0.2, 0) is 11.3 Å². The zero-order chi connectivity index (χ0) is 11.9. The first-order valence-electron chi connectivity index (χ1n) is 6.13. The first-order valence-corrected chi connectivity index (χ1v) is 6.13. The van der Waals surface area contributed by atoms with Crippen molar-refractivity contribution < 1.29 is 4.74 Å². The minimum atomic E-state index is 0.352. The second-order valence-electron chi connectivity index (χ2n) is 4.43. The molecule has 3 heteroatoms. The molecule has 0 radical (unpaired) electrons. The molecule has 1 aliphatic heterocycles. The fourth-order valence-corrected chi connectivity index (χ4v) is 2.12. The van der Waals surface area contributed by atoms with Crippen LogP contribution in [0.4, 0.5) is 0 Å². The molecular formula is C14H18N2O. The van der Waals surface area contributed by atoms with Crippen LogP contribution < -0.4 is 0 Å². The summed E-state index contributed by atoms with van der Waals surface area (Å²) in [6.07, 6.45) is 2.42. The van der Waals surface area contributed by atoms with E-state index in [4.69, 9.17) is 10.00 Å². The van der Waals surface area contributed by atoms with Gasteiger partial charge in [-0.3, -0.25) is 4.90 Å². The van der Waals surface area contributed by atoms with Gasteiger partial charge in [-0.05, 0) is 18.4 Å². The SMILES string of the molecule is N#CCN1CCC(OCc2ccccc2)CC1. The number of rotatable bonds is 4. The van der Waals surface area contributed by atoms with E-state index in [0.717, 1.165) is 25.9 Å². The first kappa shape index (κ1) is 12.1. The highest BCUT2D eigenvalue weighted by Crippen LogP contribution is 2.15. The summed E-state index contributed by atoms with van der Waals surface area (Å²) in [5.41, 5.74) is 1.23. The molecule has 2 rings (SSSR count). The Kier molecular flexibility index (Phi) is 4.54. The predicted molar refractivity (Wildman–Crippen MR) is 66.3 cm³/mol. The maximum Gasteiger partial charge on any atom is 0.0866 e. The number of benzene rings is 1. The van der Waals surface area contributed by atoms with Crippen molar-refractivity contribution in [3.05, 3.63) is 35.9 Å². The van der Waals surface area contributed by atoms with Crippen LogP contribution in [0.3, 0.4) is 0 Å². The lowest BCUT2D eigenvalue weighted by atomic mass is 10.1. The van der Waals surface area contributed by atoms with Crippen molar-refractivity contribution in [2.24, 2.45) is 0 Å². The van der Waals surface area contributed by atoms with Crippen molar-refractivity contribution in [3.8, 4) is 6.07 Å². The van der Waals surface area contributed by atoms with Gasteiger partial charge in [0, 0.05) is 13.1 Å². The molecule has 1 aliphatic rings. The van der Waals surface area contributed by atoms with Crippen LogP contribution >= 0.6 is 0 Å². The van der Waals surface area contributed by atoms with Crippen molar-refractivity contribution in [1.29, 1.82) is 5.26 Å². The van der Waals surface area contributed by atoms with E-state index in [1.807, 2.05) is 18.2 Å². The summed E-state index contributed by atoms with van der Waals surface area (Å²) < 4.78 is 5.89. The minimum absolute atomic E-state index is 0.352. The zero-order valence-corrected chi connectivity index (χ0v) is 10.0. The lowest BCUT2D eigenvalue weighted by Crippen LogP contribution is -2.37. The number of piperidine rings is 1. The molecule has 0 atom stereocenters. The Morgan fingerprint density at radius 2 is 1.94 bits per heavy atom. The van der Waals surface area contributed by atoms with Gasteiger partial charge in [0.2, 0.25) is 0 Å². The molecule has 3 nitrogen and oxygen atoms in total. The van der Waals surface area contributed by atoms with Gasteiger partial charge >= 0.3 is 0 Å². The molecule has 17 heavy (non-hydrogen) atoms. The Hall–Kier alpha value is -1.37. The van der Waals surface area contributed by atoms with Crippen molar-refractivity contribution in [2.45, 2.75) is 25.6 Å². The van der Waals surface area contributed by atoms with Gasteiger partial charge in [-0.25, -0.2) is 0 Å². The Bertz CT molecular complexity index is 364. The highest BCUT2D eigenvalue weighted by molar-refractivity contribution is 5.13. The standard InChI is InChI=1S/C14H18N2O/c15-8-11-16-9-6-14(7-10-16)17-12-13-4-2-1-3-5-13/h1-5,14H,6-7,9-12H2. The minimum Gasteiger partial charge on any atom is -0.373 e. The Morgan fingerprint density at radius 3 is 2.59 bits per heavy atom. The van der Waals surface area contributed by atoms with E-state index in [-0.39, 0.29) is 0 Å². The van der Waals surface area contributed by atoms with Crippen LogP contribution in [0.2, 0.25) is 0 Å². The maximum atomic E-state index is 8.61. The van der Waals surface area contributed by atoms with Gasteiger partial charge in [0.1, 0.15) is 0 Å². The second kappa shape index (κ2) is 6.39. The summed E-state index contributed by atoms with van der Waals surface area (Å²) in [5.74, 6) is 0. The summed E-state index contributed by atoms with van der Waals surface area (Å²) in [6, 6.07) is 12.5. The lowest BCUT2D eigenvalue weighted by molar-refractivity contribution is -0.0000991. The maximum absolute atomic E-state index is 8.61. The van der Waals surface area contributed by atoms with E-state index in [2.05, 4.69) is 23.1 Å². The summed E-state index contributed by atoms with van der Waals surface area (Å²) in [4.78, 5) is 2.18. The first-order chi connectivity index (χ1) is 8.38. The molecule has 0 N–H and O–H groups in total. The van der Waals surface area contributed by atoms with Crippen molar-refractivity contribution >= 4 is 0 Å². The van der Waals surface area contributed by atoms with Gasteiger partial charge < -0.3 is 4.74 Å². The third kappa shape index (κ3) is 3.85. The number of nitriles is 1. The quantitative estimate of drug-likeness (QED) is 0.744. The highest BCUT2D eigenvalue weighted by atomic mass is 16.5. The number of hydrogen-bond acceptors (Lipinski definition) is 3. The molecule has 0 bridgehead atoms.